The highest BCUT2D eigenvalue weighted by Crippen LogP contribution is 2.31. The van der Waals surface area contributed by atoms with Crippen LogP contribution in [0.25, 0.3) is 6.08 Å². The summed E-state index contributed by atoms with van der Waals surface area (Å²) < 4.78 is 5.20. The Bertz CT molecular complexity index is 1040. The Morgan fingerprint density at radius 1 is 1.16 bits per heavy atom. The van der Waals surface area contributed by atoms with Gasteiger partial charge in [-0.15, -0.1) is 0 Å². The normalized spacial score (nSPS) is 16.3. The lowest BCUT2D eigenvalue weighted by atomic mass is 9.94. The van der Waals surface area contributed by atoms with E-state index in [0.29, 0.717) is 22.5 Å². The summed E-state index contributed by atoms with van der Waals surface area (Å²) in [5, 5.41) is 5.64. The van der Waals surface area contributed by atoms with Crippen LogP contribution in [0.15, 0.2) is 71.9 Å². The Morgan fingerprint density at radius 3 is 2.61 bits per heavy atom. The molecule has 0 fully saturated rings. The average Bonchev–Trinajstić information content (AvgIpc) is 2.77. The molecule has 0 bridgehead atoms. The van der Waals surface area contributed by atoms with E-state index in [1.165, 1.54) is 11.0 Å². The Morgan fingerprint density at radius 2 is 1.90 bits per heavy atom. The van der Waals surface area contributed by atoms with Crippen molar-refractivity contribution < 1.29 is 19.1 Å². The highest BCUT2D eigenvalue weighted by molar-refractivity contribution is 6.02. The summed E-state index contributed by atoms with van der Waals surface area (Å²) in [4.78, 5) is 38.6. The third-order valence-electron chi connectivity index (χ3n) is 4.96. The van der Waals surface area contributed by atoms with E-state index in [0.717, 1.165) is 5.56 Å². The minimum absolute atomic E-state index is 0.226. The zero-order valence-corrected chi connectivity index (χ0v) is 17.7. The molecule has 7 heteroatoms. The van der Waals surface area contributed by atoms with Crippen LogP contribution in [0.2, 0.25) is 0 Å². The maximum absolute atomic E-state index is 12.6. The van der Waals surface area contributed by atoms with E-state index in [9.17, 15) is 14.4 Å². The zero-order valence-electron chi connectivity index (χ0n) is 17.7. The molecule has 3 rings (SSSR count). The minimum atomic E-state index is -0.681. The van der Waals surface area contributed by atoms with E-state index < -0.39 is 12.0 Å². The molecule has 160 valence electrons. The molecule has 0 saturated carbocycles. The monoisotopic (exact) mass is 419 g/mol. The van der Waals surface area contributed by atoms with Crippen molar-refractivity contribution in [3.63, 3.8) is 0 Å². The molecule has 1 atom stereocenters. The maximum Gasteiger partial charge on any atom is 0.338 e. The van der Waals surface area contributed by atoms with Crippen molar-refractivity contribution in [2.24, 2.45) is 0 Å². The Balaban J connectivity index is 1.84. The molecule has 0 unspecified atom stereocenters. The first-order chi connectivity index (χ1) is 14.9. The van der Waals surface area contributed by atoms with E-state index in [2.05, 4.69) is 10.6 Å². The summed E-state index contributed by atoms with van der Waals surface area (Å²) in [5.41, 5.74) is 3.01. The van der Waals surface area contributed by atoms with Gasteiger partial charge in [0.2, 0.25) is 5.91 Å². The molecule has 1 aliphatic heterocycles. The zero-order chi connectivity index (χ0) is 22.4. The van der Waals surface area contributed by atoms with Gasteiger partial charge in [-0.05, 0) is 43.2 Å². The van der Waals surface area contributed by atoms with Gasteiger partial charge in [-0.2, -0.15) is 0 Å². The number of nitrogens with zero attached hydrogens (tertiary/aromatic N) is 1. The van der Waals surface area contributed by atoms with Gasteiger partial charge >= 0.3 is 12.0 Å². The fourth-order valence-corrected chi connectivity index (χ4v) is 3.27. The Hall–Kier alpha value is -3.87. The van der Waals surface area contributed by atoms with Crippen LogP contribution in [0.4, 0.5) is 10.5 Å². The van der Waals surface area contributed by atoms with Gasteiger partial charge in [0.05, 0.1) is 18.2 Å². The third kappa shape index (κ3) is 5.19. The number of ether oxygens (including phenoxy) is 1. The summed E-state index contributed by atoms with van der Waals surface area (Å²) in [5.74, 6) is -0.775. The third-order valence-corrected chi connectivity index (χ3v) is 4.96. The molecule has 3 amide bonds. The van der Waals surface area contributed by atoms with Gasteiger partial charge in [-0.3, -0.25) is 4.79 Å². The first-order valence-corrected chi connectivity index (χ1v) is 9.97. The van der Waals surface area contributed by atoms with Crippen molar-refractivity contribution in [2.75, 3.05) is 19.0 Å². The van der Waals surface area contributed by atoms with Crippen molar-refractivity contribution in [3.05, 3.63) is 83.1 Å². The second kappa shape index (κ2) is 9.75. The van der Waals surface area contributed by atoms with Crippen LogP contribution in [-0.4, -0.2) is 36.5 Å². The lowest BCUT2D eigenvalue weighted by molar-refractivity contribution is -0.139. The quantitative estimate of drug-likeness (QED) is 0.550. The fraction of sp³-hybridized carbons (Fsp3) is 0.208. The summed E-state index contributed by atoms with van der Waals surface area (Å²) in [6.07, 6.45) is 3.18. The summed E-state index contributed by atoms with van der Waals surface area (Å²) in [6, 6.07) is 15.5. The smallest absolute Gasteiger partial charge is 0.338 e. The van der Waals surface area contributed by atoms with Crippen LogP contribution in [0, 0.1) is 0 Å². The van der Waals surface area contributed by atoms with Crippen LogP contribution in [0.3, 0.4) is 0 Å². The van der Waals surface area contributed by atoms with Crippen LogP contribution < -0.4 is 10.6 Å². The van der Waals surface area contributed by atoms with E-state index >= 15 is 0 Å². The molecule has 0 saturated heterocycles. The molecule has 7 nitrogen and oxygen atoms in total. The number of esters is 1. The summed E-state index contributed by atoms with van der Waals surface area (Å²) >= 11 is 0. The van der Waals surface area contributed by atoms with E-state index in [4.69, 9.17) is 4.74 Å². The molecule has 0 spiro atoms. The Kier molecular flexibility index (Phi) is 6.87. The first-order valence-electron chi connectivity index (χ1n) is 9.97. The van der Waals surface area contributed by atoms with E-state index in [-0.39, 0.29) is 18.5 Å². The van der Waals surface area contributed by atoms with Crippen molar-refractivity contribution in [1.82, 2.24) is 10.2 Å². The fourth-order valence-electron chi connectivity index (χ4n) is 3.27. The SMILES string of the molecule is CCOC(=O)C1=C(C)N(C)C(=O)N[C@@H]1c1cccc(NC(=O)/C=C/c2ccccc2)c1. The number of rotatable bonds is 6. The van der Waals surface area contributed by atoms with Crippen LogP contribution in [-0.2, 0) is 14.3 Å². The van der Waals surface area contributed by atoms with Gasteiger partial charge in [0, 0.05) is 24.5 Å². The summed E-state index contributed by atoms with van der Waals surface area (Å²) in [7, 11) is 1.59. The number of hydrogen-bond donors (Lipinski definition) is 2. The number of anilines is 1. The number of nitrogens with one attached hydrogen (secondary N) is 2. The van der Waals surface area contributed by atoms with Crippen molar-refractivity contribution in [2.45, 2.75) is 19.9 Å². The molecule has 0 aromatic heterocycles. The standard InChI is InChI=1S/C24H25N3O4/c1-4-31-23(29)21-16(2)27(3)24(30)26-22(21)18-11-8-12-19(15-18)25-20(28)14-13-17-9-6-5-7-10-17/h5-15,22H,4H2,1-3H3,(H,25,28)(H,26,30)/b14-13+/t22-/m1/s1. The second-order valence-corrected chi connectivity index (χ2v) is 7.02. The van der Waals surface area contributed by atoms with Crippen molar-refractivity contribution >= 4 is 29.7 Å². The molecule has 1 heterocycles. The topological polar surface area (TPSA) is 87.7 Å². The highest BCUT2D eigenvalue weighted by Gasteiger charge is 2.35. The average molecular weight is 419 g/mol. The van der Waals surface area contributed by atoms with Gasteiger partial charge in [0.1, 0.15) is 0 Å². The summed E-state index contributed by atoms with van der Waals surface area (Å²) in [6.45, 7) is 3.66. The predicted molar refractivity (Wildman–Crippen MR) is 119 cm³/mol. The molecule has 0 radical (unpaired) electrons. The highest BCUT2D eigenvalue weighted by atomic mass is 16.5. The minimum Gasteiger partial charge on any atom is -0.463 e. The number of allylic oxidation sites excluding steroid dienone is 1. The molecule has 31 heavy (non-hydrogen) atoms. The van der Waals surface area contributed by atoms with Crippen molar-refractivity contribution in [3.8, 4) is 0 Å². The van der Waals surface area contributed by atoms with Crippen molar-refractivity contribution in [1.29, 1.82) is 0 Å². The lowest BCUT2D eigenvalue weighted by Gasteiger charge is -2.33. The number of carbonyl (C=O) groups is 3. The number of carbonyl (C=O) groups excluding carboxylic acids is 3. The molecular weight excluding hydrogens is 394 g/mol. The molecule has 0 aliphatic carbocycles. The van der Waals surface area contributed by atoms with Crippen LogP contribution >= 0.6 is 0 Å². The number of hydrogen-bond acceptors (Lipinski definition) is 4. The van der Waals surface area contributed by atoms with Gasteiger partial charge in [-0.25, -0.2) is 9.59 Å². The first kappa shape index (κ1) is 21.8. The molecule has 1 aliphatic rings. The molecule has 2 N–H and O–H groups in total. The second-order valence-electron chi connectivity index (χ2n) is 7.02. The van der Waals surface area contributed by atoms with Gasteiger partial charge in [0.15, 0.2) is 0 Å². The molecular formula is C24H25N3O4. The van der Waals surface area contributed by atoms with Crippen LogP contribution in [0.5, 0.6) is 0 Å². The largest absolute Gasteiger partial charge is 0.463 e. The molecule has 2 aromatic rings. The van der Waals surface area contributed by atoms with Gasteiger partial charge < -0.3 is 20.3 Å². The number of benzene rings is 2. The Labute approximate surface area is 181 Å². The van der Waals surface area contributed by atoms with Crippen LogP contribution in [0.1, 0.15) is 31.0 Å². The number of amides is 3. The predicted octanol–water partition coefficient (Wildman–Crippen LogP) is 3.87. The molecule has 2 aromatic carbocycles. The maximum atomic E-state index is 12.6. The van der Waals surface area contributed by atoms with E-state index in [1.54, 1.807) is 51.2 Å². The van der Waals surface area contributed by atoms with E-state index in [1.807, 2.05) is 30.3 Å². The van der Waals surface area contributed by atoms with Gasteiger partial charge in [-0.1, -0.05) is 42.5 Å². The number of urea groups is 1. The van der Waals surface area contributed by atoms with Gasteiger partial charge in [0.25, 0.3) is 0 Å². The lowest BCUT2D eigenvalue weighted by Crippen LogP contribution is -2.46.